The van der Waals surface area contributed by atoms with Gasteiger partial charge in [-0.3, -0.25) is 0 Å². The largest absolute Gasteiger partial charge is 0.281 e. The lowest BCUT2D eigenvalue weighted by molar-refractivity contribution is 0.0811. The van der Waals surface area contributed by atoms with Gasteiger partial charge in [-0.15, -0.1) is 0 Å². The fourth-order valence-electron chi connectivity index (χ4n) is 1.42. The molecule has 78 valence electrons. The second-order valence-corrected chi connectivity index (χ2v) is 6.36. The molecule has 0 spiro atoms. The lowest BCUT2D eigenvalue weighted by Gasteiger charge is -2.47. The van der Waals surface area contributed by atoms with Gasteiger partial charge in [0, 0.05) is 27.2 Å². The van der Waals surface area contributed by atoms with Crippen molar-refractivity contribution < 1.29 is 8.42 Å². The van der Waals surface area contributed by atoms with Gasteiger partial charge < -0.3 is 0 Å². The monoisotopic (exact) mass is 206 g/mol. The molecule has 0 amide bonds. The van der Waals surface area contributed by atoms with E-state index in [0.29, 0.717) is 13.1 Å². The van der Waals surface area contributed by atoms with Crippen LogP contribution in [0.5, 0.6) is 0 Å². The Morgan fingerprint density at radius 3 is 2.15 bits per heavy atom. The predicted molar refractivity (Wildman–Crippen MR) is 52.6 cm³/mol. The van der Waals surface area contributed by atoms with Gasteiger partial charge in [-0.1, -0.05) is 13.8 Å². The van der Waals surface area contributed by atoms with Crippen molar-refractivity contribution in [3.8, 4) is 0 Å². The number of rotatable bonds is 3. The fourth-order valence-corrected chi connectivity index (χ4v) is 2.83. The first-order valence-electron chi connectivity index (χ1n) is 4.49. The number of nitrogens with zero attached hydrogens (tertiary/aromatic N) is 2. The fraction of sp³-hybridized carbons (Fsp3) is 1.00. The lowest BCUT2D eigenvalue weighted by atomic mass is 9.82. The molecule has 1 saturated heterocycles. The Morgan fingerprint density at radius 1 is 1.38 bits per heavy atom. The summed E-state index contributed by atoms with van der Waals surface area (Å²) in [4.78, 5) is 0. The van der Waals surface area contributed by atoms with E-state index in [9.17, 15) is 8.42 Å². The van der Waals surface area contributed by atoms with Crippen LogP contribution in [0.2, 0.25) is 0 Å². The van der Waals surface area contributed by atoms with Crippen LogP contribution in [-0.4, -0.2) is 44.2 Å². The molecule has 0 aromatic carbocycles. The highest BCUT2D eigenvalue weighted by Crippen LogP contribution is 2.35. The molecule has 13 heavy (non-hydrogen) atoms. The van der Waals surface area contributed by atoms with Gasteiger partial charge >= 0.3 is 0 Å². The average molecular weight is 206 g/mol. The van der Waals surface area contributed by atoms with Crippen molar-refractivity contribution in [3.05, 3.63) is 0 Å². The van der Waals surface area contributed by atoms with Gasteiger partial charge in [0.15, 0.2) is 0 Å². The first-order chi connectivity index (χ1) is 5.82. The topological polar surface area (TPSA) is 40.6 Å². The van der Waals surface area contributed by atoms with Crippen LogP contribution in [0.15, 0.2) is 0 Å². The van der Waals surface area contributed by atoms with Crippen molar-refractivity contribution in [2.45, 2.75) is 20.3 Å². The summed E-state index contributed by atoms with van der Waals surface area (Å²) >= 11 is 0. The van der Waals surface area contributed by atoms with Crippen LogP contribution in [0, 0.1) is 5.41 Å². The van der Waals surface area contributed by atoms with Crippen LogP contribution in [-0.2, 0) is 10.2 Å². The van der Waals surface area contributed by atoms with E-state index in [1.54, 1.807) is 14.1 Å². The minimum absolute atomic E-state index is 0.197. The van der Waals surface area contributed by atoms with Crippen molar-refractivity contribution in [3.63, 3.8) is 0 Å². The van der Waals surface area contributed by atoms with E-state index in [-0.39, 0.29) is 5.41 Å². The van der Waals surface area contributed by atoms with Gasteiger partial charge in [0.1, 0.15) is 0 Å². The molecule has 1 fully saturated rings. The van der Waals surface area contributed by atoms with Crippen LogP contribution >= 0.6 is 0 Å². The third-order valence-electron chi connectivity index (χ3n) is 2.76. The van der Waals surface area contributed by atoms with Crippen LogP contribution in [0.1, 0.15) is 20.3 Å². The van der Waals surface area contributed by atoms with Gasteiger partial charge in [-0.2, -0.15) is 17.0 Å². The van der Waals surface area contributed by atoms with E-state index < -0.39 is 10.2 Å². The zero-order valence-electron chi connectivity index (χ0n) is 8.74. The second-order valence-electron chi connectivity index (χ2n) is 4.22. The maximum Gasteiger partial charge on any atom is 0.281 e. The van der Waals surface area contributed by atoms with Gasteiger partial charge in [0.2, 0.25) is 0 Å². The van der Waals surface area contributed by atoms with Crippen molar-refractivity contribution in [1.29, 1.82) is 0 Å². The molecule has 4 nitrogen and oxygen atoms in total. The molecule has 0 atom stereocenters. The average Bonchev–Trinajstić information content (AvgIpc) is 1.98. The van der Waals surface area contributed by atoms with Crippen LogP contribution in [0.3, 0.4) is 0 Å². The third kappa shape index (κ3) is 1.87. The molecule has 1 aliphatic rings. The molecule has 0 aliphatic carbocycles. The van der Waals surface area contributed by atoms with Gasteiger partial charge in [0.25, 0.3) is 10.2 Å². The van der Waals surface area contributed by atoms with E-state index in [4.69, 9.17) is 0 Å². The minimum atomic E-state index is -3.15. The van der Waals surface area contributed by atoms with E-state index in [1.807, 2.05) is 0 Å². The summed E-state index contributed by atoms with van der Waals surface area (Å²) in [6.07, 6.45) is 1.03. The van der Waals surface area contributed by atoms with E-state index in [2.05, 4.69) is 13.8 Å². The summed E-state index contributed by atoms with van der Waals surface area (Å²) in [5, 5.41) is 0. The number of hydrogen-bond acceptors (Lipinski definition) is 2. The third-order valence-corrected chi connectivity index (χ3v) is 4.59. The van der Waals surface area contributed by atoms with Crippen molar-refractivity contribution in [1.82, 2.24) is 8.61 Å². The molecule has 0 radical (unpaired) electrons. The zero-order valence-corrected chi connectivity index (χ0v) is 9.56. The summed E-state index contributed by atoms with van der Waals surface area (Å²) < 4.78 is 25.9. The van der Waals surface area contributed by atoms with Crippen molar-refractivity contribution in [2.24, 2.45) is 5.41 Å². The summed E-state index contributed by atoms with van der Waals surface area (Å²) in [5.41, 5.74) is 0.197. The second kappa shape index (κ2) is 3.22. The van der Waals surface area contributed by atoms with E-state index >= 15 is 0 Å². The Balaban J connectivity index is 2.63. The molecule has 0 aromatic rings. The zero-order chi connectivity index (χ0) is 10.3. The molecule has 1 rings (SSSR count). The summed E-state index contributed by atoms with van der Waals surface area (Å²) in [6, 6.07) is 0. The minimum Gasteiger partial charge on any atom is -0.195 e. The maximum atomic E-state index is 11.6. The predicted octanol–water partition coefficient (Wildman–Crippen LogP) is 0.525. The summed E-state index contributed by atoms with van der Waals surface area (Å²) in [6.45, 7) is 5.53. The van der Waals surface area contributed by atoms with Crippen LogP contribution in [0.4, 0.5) is 0 Å². The Labute approximate surface area is 80.7 Å². The lowest BCUT2D eigenvalue weighted by Crippen LogP contribution is -2.59. The van der Waals surface area contributed by atoms with Crippen molar-refractivity contribution >= 4 is 10.2 Å². The highest BCUT2D eigenvalue weighted by atomic mass is 32.2. The molecule has 1 heterocycles. The maximum absolute atomic E-state index is 11.6. The van der Waals surface area contributed by atoms with Crippen LogP contribution < -0.4 is 0 Å². The van der Waals surface area contributed by atoms with Gasteiger partial charge in [-0.05, 0) is 11.8 Å². The Morgan fingerprint density at radius 2 is 1.85 bits per heavy atom. The van der Waals surface area contributed by atoms with Crippen LogP contribution in [0.25, 0.3) is 0 Å². The van der Waals surface area contributed by atoms with E-state index in [1.165, 1.54) is 8.61 Å². The molecular formula is C8H18N2O2S. The standard InChI is InChI=1S/C8H18N2O2S/c1-5-8(2)6-10(7-8)13(11,12)9(3)4/h5-7H2,1-4H3. The van der Waals surface area contributed by atoms with Gasteiger partial charge in [-0.25, -0.2) is 0 Å². The molecule has 0 unspecified atom stereocenters. The highest BCUT2D eigenvalue weighted by Gasteiger charge is 2.43. The molecule has 0 aromatic heterocycles. The smallest absolute Gasteiger partial charge is 0.195 e. The highest BCUT2D eigenvalue weighted by molar-refractivity contribution is 7.86. The molecule has 0 N–H and O–H groups in total. The Hall–Kier alpha value is -0.130. The normalized spacial score (nSPS) is 23.2. The Kier molecular flexibility index (Phi) is 2.71. The summed E-state index contributed by atoms with van der Waals surface area (Å²) in [5.74, 6) is 0. The van der Waals surface area contributed by atoms with E-state index in [0.717, 1.165) is 6.42 Å². The Bertz CT molecular complexity index is 279. The molecular weight excluding hydrogens is 188 g/mol. The SMILES string of the molecule is CCC1(C)CN(S(=O)(=O)N(C)C)C1. The molecule has 1 aliphatic heterocycles. The molecule has 5 heteroatoms. The number of hydrogen-bond donors (Lipinski definition) is 0. The van der Waals surface area contributed by atoms with Gasteiger partial charge in [0.05, 0.1) is 0 Å². The quantitative estimate of drug-likeness (QED) is 0.675. The van der Waals surface area contributed by atoms with Crippen molar-refractivity contribution in [2.75, 3.05) is 27.2 Å². The first kappa shape index (κ1) is 10.9. The molecule has 0 bridgehead atoms. The molecule has 0 saturated carbocycles. The first-order valence-corrected chi connectivity index (χ1v) is 5.89. The summed E-state index contributed by atoms with van der Waals surface area (Å²) in [7, 11) is -0.0218.